The molecule has 0 fully saturated rings. The van der Waals surface area contributed by atoms with Crippen LogP contribution in [0.4, 0.5) is 0 Å². The van der Waals surface area contributed by atoms with E-state index < -0.39 is 0 Å². The highest BCUT2D eigenvalue weighted by Crippen LogP contribution is 2.35. The van der Waals surface area contributed by atoms with Gasteiger partial charge in [0.25, 0.3) is 0 Å². The highest BCUT2D eigenvalue weighted by atomic mass is 14.6. The van der Waals surface area contributed by atoms with Crippen molar-refractivity contribution >= 4 is 0 Å². The molecule has 0 aliphatic carbocycles. The van der Waals surface area contributed by atoms with Gasteiger partial charge in [0.15, 0.2) is 0 Å². The maximum atomic E-state index is 5.75. The summed E-state index contributed by atoms with van der Waals surface area (Å²) in [6, 6.07) is 0. The normalized spacial score (nSPS) is 12.6. The predicted molar refractivity (Wildman–Crippen MR) is 51.4 cm³/mol. The number of hydrogen-bond donors (Lipinski definition) is 1. The summed E-state index contributed by atoms with van der Waals surface area (Å²) in [7, 11) is 0. The molecule has 0 radical (unpaired) electrons. The lowest BCUT2D eigenvalue weighted by Crippen LogP contribution is -2.38. The van der Waals surface area contributed by atoms with Gasteiger partial charge in [-0.15, -0.1) is 6.58 Å². The van der Waals surface area contributed by atoms with Gasteiger partial charge in [-0.3, -0.25) is 0 Å². The zero-order chi connectivity index (χ0) is 9.07. The predicted octanol–water partition coefficient (Wildman–Crippen LogP) is 2.43. The zero-order valence-corrected chi connectivity index (χ0v) is 8.22. The van der Waals surface area contributed by atoms with E-state index in [4.69, 9.17) is 5.73 Å². The summed E-state index contributed by atoms with van der Waals surface area (Å²) in [5.74, 6) is 1.15. The summed E-state index contributed by atoms with van der Waals surface area (Å²) >= 11 is 0. The first kappa shape index (κ1) is 10.7. The molecule has 0 aliphatic heterocycles. The van der Waals surface area contributed by atoms with Crippen LogP contribution >= 0.6 is 0 Å². The van der Waals surface area contributed by atoms with E-state index in [0.29, 0.717) is 18.4 Å². The molecule has 0 atom stereocenters. The summed E-state index contributed by atoms with van der Waals surface area (Å²) < 4.78 is 0. The first-order chi connectivity index (χ1) is 5.01. The third-order valence-electron chi connectivity index (χ3n) is 2.88. The molecule has 2 N–H and O–H groups in total. The van der Waals surface area contributed by atoms with Gasteiger partial charge in [-0.25, -0.2) is 0 Å². The van der Waals surface area contributed by atoms with E-state index in [1.54, 1.807) is 0 Å². The number of rotatable bonds is 4. The lowest BCUT2D eigenvalue weighted by Gasteiger charge is -2.37. The standard InChI is InChI=1S/C10H21N/c1-6-10(7-11,8(2)3)9(4)5/h6,8-9H,1,7,11H2,2-5H3. The van der Waals surface area contributed by atoms with Crippen LogP contribution in [0.3, 0.4) is 0 Å². The highest BCUT2D eigenvalue weighted by Gasteiger charge is 2.32. The van der Waals surface area contributed by atoms with Gasteiger partial charge in [0, 0.05) is 12.0 Å². The summed E-state index contributed by atoms with van der Waals surface area (Å²) in [6.07, 6.45) is 2.02. The molecule has 0 aliphatic rings. The smallest absolute Gasteiger partial charge is 0.00476 e. The monoisotopic (exact) mass is 155 g/mol. The van der Waals surface area contributed by atoms with Gasteiger partial charge in [0.1, 0.15) is 0 Å². The fourth-order valence-corrected chi connectivity index (χ4v) is 1.69. The van der Waals surface area contributed by atoms with Crippen molar-refractivity contribution in [3.05, 3.63) is 12.7 Å². The average molecular weight is 155 g/mol. The average Bonchev–Trinajstić information content (AvgIpc) is 1.90. The topological polar surface area (TPSA) is 26.0 Å². The van der Waals surface area contributed by atoms with Crippen molar-refractivity contribution in [2.75, 3.05) is 6.54 Å². The quantitative estimate of drug-likeness (QED) is 0.620. The number of nitrogens with two attached hydrogens (primary N) is 1. The van der Waals surface area contributed by atoms with E-state index in [0.717, 1.165) is 0 Å². The van der Waals surface area contributed by atoms with Gasteiger partial charge < -0.3 is 5.73 Å². The first-order valence-corrected chi connectivity index (χ1v) is 4.35. The van der Waals surface area contributed by atoms with E-state index in [-0.39, 0.29) is 5.41 Å². The Balaban J connectivity index is 4.60. The Morgan fingerprint density at radius 2 is 1.64 bits per heavy atom. The Labute approximate surface area is 70.7 Å². The van der Waals surface area contributed by atoms with Crippen LogP contribution < -0.4 is 5.73 Å². The van der Waals surface area contributed by atoms with Crippen molar-refractivity contribution in [2.24, 2.45) is 23.0 Å². The molecular formula is C10H21N. The molecule has 0 bridgehead atoms. The van der Waals surface area contributed by atoms with Crippen LogP contribution in [0, 0.1) is 17.3 Å². The van der Waals surface area contributed by atoms with Crippen molar-refractivity contribution < 1.29 is 0 Å². The van der Waals surface area contributed by atoms with Gasteiger partial charge in [-0.2, -0.15) is 0 Å². The fraction of sp³-hybridized carbons (Fsp3) is 0.800. The molecule has 66 valence electrons. The van der Waals surface area contributed by atoms with Crippen LogP contribution in [0.2, 0.25) is 0 Å². The van der Waals surface area contributed by atoms with Gasteiger partial charge >= 0.3 is 0 Å². The molecule has 1 nitrogen and oxygen atoms in total. The van der Waals surface area contributed by atoms with Crippen LogP contribution in [-0.2, 0) is 0 Å². The Bertz CT molecular complexity index is 117. The molecule has 0 heterocycles. The second kappa shape index (κ2) is 3.91. The minimum absolute atomic E-state index is 0.125. The molecular weight excluding hydrogens is 134 g/mol. The lowest BCUT2D eigenvalue weighted by molar-refractivity contribution is 0.190. The maximum absolute atomic E-state index is 5.75. The second-order valence-electron chi connectivity index (χ2n) is 3.83. The van der Waals surface area contributed by atoms with E-state index >= 15 is 0 Å². The summed E-state index contributed by atoms with van der Waals surface area (Å²) in [5, 5.41) is 0. The summed E-state index contributed by atoms with van der Waals surface area (Å²) in [6.45, 7) is 13.4. The Kier molecular flexibility index (Phi) is 3.81. The molecule has 0 saturated heterocycles. The molecule has 0 spiro atoms. The van der Waals surface area contributed by atoms with Crippen molar-refractivity contribution in [3.8, 4) is 0 Å². The Morgan fingerprint density at radius 1 is 1.27 bits per heavy atom. The van der Waals surface area contributed by atoms with Crippen LogP contribution in [0.1, 0.15) is 27.7 Å². The minimum Gasteiger partial charge on any atom is -0.330 e. The largest absolute Gasteiger partial charge is 0.330 e. The molecule has 0 rings (SSSR count). The third kappa shape index (κ3) is 1.84. The van der Waals surface area contributed by atoms with E-state index in [2.05, 4.69) is 34.3 Å². The van der Waals surface area contributed by atoms with Crippen molar-refractivity contribution in [3.63, 3.8) is 0 Å². The maximum Gasteiger partial charge on any atom is 0.00476 e. The van der Waals surface area contributed by atoms with Crippen molar-refractivity contribution in [1.82, 2.24) is 0 Å². The van der Waals surface area contributed by atoms with Crippen LogP contribution in [0.15, 0.2) is 12.7 Å². The SMILES string of the molecule is C=CC(CN)(C(C)C)C(C)C. The van der Waals surface area contributed by atoms with Crippen LogP contribution in [0.5, 0.6) is 0 Å². The van der Waals surface area contributed by atoms with Crippen LogP contribution in [-0.4, -0.2) is 6.54 Å². The summed E-state index contributed by atoms with van der Waals surface area (Å²) in [4.78, 5) is 0. The number of hydrogen-bond acceptors (Lipinski definition) is 1. The Morgan fingerprint density at radius 3 is 1.64 bits per heavy atom. The van der Waals surface area contributed by atoms with E-state index in [1.165, 1.54) is 0 Å². The molecule has 0 aromatic rings. The van der Waals surface area contributed by atoms with Crippen LogP contribution in [0.25, 0.3) is 0 Å². The molecule has 0 aromatic heterocycles. The van der Waals surface area contributed by atoms with Gasteiger partial charge in [0.05, 0.1) is 0 Å². The molecule has 0 saturated carbocycles. The highest BCUT2D eigenvalue weighted by molar-refractivity contribution is 4.99. The molecule has 11 heavy (non-hydrogen) atoms. The van der Waals surface area contributed by atoms with E-state index in [9.17, 15) is 0 Å². The summed E-state index contributed by atoms with van der Waals surface area (Å²) in [5.41, 5.74) is 5.87. The molecule has 0 unspecified atom stereocenters. The van der Waals surface area contributed by atoms with Crippen molar-refractivity contribution in [1.29, 1.82) is 0 Å². The third-order valence-corrected chi connectivity index (χ3v) is 2.88. The molecule has 0 amide bonds. The van der Waals surface area contributed by atoms with Gasteiger partial charge in [-0.1, -0.05) is 33.8 Å². The second-order valence-corrected chi connectivity index (χ2v) is 3.83. The molecule has 0 aromatic carbocycles. The molecule has 1 heteroatoms. The van der Waals surface area contributed by atoms with Gasteiger partial charge in [-0.05, 0) is 11.8 Å². The minimum atomic E-state index is 0.125. The Hall–Kier alpha value is -0.300. The zero-order valence-electron chi connectivity index (χ0n) is 8.22. The van der Waals surface area contributed by atoms with Crippen molar-refractivity contribution in [2.45, 2.75) is 27.7 Å². The fourth-order valence-electron chi connectivity index (χ4n) is 1.69. The first-order valence-electron chi connectivity index (χ1n) is 4.35. The van der Waals surface area contributed by atoms with E-state index in [1.807, 2.05) is 6.08 Å². The lowest BCUT2D eigenvalue weighted by atomic mass is 9.69. The van der Waals surface area contributed by atoms with Gasteiger partial charge in [0.2, 0.25) is 0 Å².